The van der Waals surface area contributed by atoms with Crippen LogP contribution in [0.25, 0.3) is 0 Å². The minimum Gasteiger partial charge on any atom is -0.354 e. The highest BCUT2D eigenvalue weighted by atomic mass is 16.2. The predicted octanol–water partition coefficient (Wildman–Crippen LogP) is 0.480. The second kappa shape index (κ2) is 7.46. The van der Waals surface area contributed by atoms with E-state index in [2.05, 4.69) is 15.5 Å². The van der Waals surface area contributed by atoms with Crippen LogP contribution in [0.2, 0.25) is 0 Å². The van der Waals surface area contributed by atoms with Crippen LogP contribution in [-0.4, -0.2) is 49.6 Å². The molecule has 1 amide bonds. The highest BCUT2D eigenvalue weighted by molar-refractivity contribution is 5.78. The number of nitrogens with zero attached hydrogens (tertiary/aromatic N) is 2. The van der Waals surface area contributed by atoms with Crippen molar-refractivity contribution in [2.45, 2.75) is 38.1 Å². The molecule has 5 heteroatoms. The molecule has 0 bridgehead atoms. The number of carbonyl (C=O) groups excluding carboxylic acids is 1. The first-order valence-electron chi connectivity index (χ1n) is 7.39. The van der Waals surface area contributed by atoms with Crippen molar-refractivity contribution in [2.75, 3.05) is 32.7 Å². The molecule has 106 valence electrons. The van der Waals surface area contributed by atoms with Crippen LogP contribution in [0.4, 0.5) is 0 Å². The van der Waals surface area contributed by atoms with Crippen LogP contribution >= 0.6 is 0 Å². The molecule has 0 aromatic heterocycles. The number of nitriles is 1. The number of hydrogen-bond donors (Lipinski definition) is 2. The van der Waals surface area contributed by atoms with Gasteiger partial charge in [0.2, 0.25) is 5.91 Å². The number of likely N-dealkylation sites (tertiary alicyclic amines) is 1. The minimum absolute atomic E-state index is 0.0512. The normalized spacial score (nSPS) is 27.9. The smallest absolute Gasteiger partial charge is 0.234 e. The van der Waals surface area contributed by atoms with Crippen LogP contribution in [0.1, 0.15) is 32.1 Å². The van der Waals surface area contributed by atoms with Gasteiger partial charge in [-0.3, -0.25) is 9.69 Å². The maximum Gasteiger partial charge on any atom is 0.234 e. The van der Waals surface area contributed by atoms with Gasteiger partial charge in [0.15, 0.2) is 0 Å². The first kappa shape index (κ1) is 14.3. The molecule has 19 heavy (non-hydrogen) atoms. The minimum atomic E-state index is 0.0512. The zero-order valence-corrected chi connectivity index (χ0v) is 11.5. The van der Waals surface area contributed by atoms with Crippen molar-refractivity contribution in [1.82, 2.24) is 15.5 Å². The molecule has 0 spiro atoms. The van der Waals surface area contributed by atoms with Crippen LogP contribution in [0, 0.1) is 17.2 Å². The Bertz CT molecular complexity index is 333. The van der Waals surface area contributed by atoms with E-state index in [-0.39, 0.29) is 5.91 Å². The number of hydrogen-bond acceptors (Lipinski definition) is 4. The summed E-state index contributed by atoms with van der Waals surface area (Å²) >= 11 is 0. The third kappa shape index (κ3) is 4.48. The Labute approximate surface area is 115 Å². The molecule has 0 aliphatic carbocycles. The summed E-state index contributed by atoms with van der Waals surface area (Å²) in [6, 6.07) is 2.69. The van der Waals surface area contributed by atoms with Crippen LogP contribution in [0.3, 0.4) is 0 Å². The van der Waals surface area contributed by atoms with Gasteiger partial charge in [-0.05, 0) is 44.7 Å². The fourth-order valence-electron chi connectivity index (χ4n) is 3.19. The van der Waals surface area contributed by atoms with Crippen molar-refractivity contribution < 1.29 is 4.79 Å². The number of piperidine rings is 1. The average Bonchev–Trinajstić information content (AvgIpc) is 2.93. The summed E-state index contributed by atoms with van der Waals surface area (Å²) in [4.78, 5) is 14.0. The molecule has 0 saturated carbocycles. The van der Waals surface area contributed by atoms with Crippen molar-refractivity contribution in [3.8, 4) is 6.07 Å². The van der Waals surface area contributed by atoms with E-state index in [9.17, 15) is 4.79 Å². The maximum atomic E-state index is 11.7. The first-order valence-corrected chi connectivity index (χ1v) is 7.39. The second-order valence-corrected chi connectivity index (χ2v) is 5.60. The summed E-state index contributed by atoms with van der Waals surface area (Å²) in [6.07, 6.45) is 5.43. The lowest BCUT2D eigenvalue weighted by Crippen LogP contribution is -2.47. The van der Waals surface area contributed by atoms with Gasteiger partial charge in [0.25, 0.3) is 0 Å². The van der Waals surface area contributed by atoms with Gasteiger partial charge >= 0.3 is 0 Å². The lowest BCUT2D eigenvalue weighted by atomic mass is 9.90. The molecular weight excluding hydrogens is 240 g/mol. The average molecular weight is 264 g/mol. The summed E-state index contributed by atoms with van der Waals surface area (Å²) < 4.78 is 0. The molecule has 2 fully saturated rings. The highest BCUT2D eigenvalue weighted by Gasteiger charge is 2.29. The van der Waals surface area contributed by atoms with Crippen LogP contribution in [-0.2, 0) is 4.79 Å². The topological polar surface area (TPSA) is 68.2 Å². The zero-order valence-electron chi connectivity index (χ0n) is 11.5. The van der Waals surface area contributed by atoms with E-state index in [1.165, 1.54) is 25.7 Å². The molecular formula is C14H24N4O. The molecule has 2 atom stereocenters. The highest BCUT2D eigenvalue weighted by Crippen LogP contribution is 2.24. The molecule has 2 rings (SSSR count). The van der Waals surface area contributed by atoms with Crippen molar-refractivity contribution in [1.29, 1.82) is 5.26 Å². The van der Waals surface area contributed by atoms with E-state index in [1.54, 1.807) is 0 Å². The molecule has 2 aliphatic rings. The van der Waals surface area contributed by atoms with E-state index in [0.29, 0.717) is 31.5 Å². The summed E-state index contributed by atoms with van der Waals surface area (Å²) in [5, 5.41) is 14.8. The van der Waals surface area contributed by atoms with Crippen LogP contribution in [0.15, 0.2) is 0 Å². The predicted molar refractivity (Wildman–Crippen MR) is 73.4 cm³/mol. The number of amides is 1. The van der Waals surface area contributed by atoms with Gasteiger partial charge < -0.3 is 10.6 Å². The monoisotopic (exact) mass is 264 g/mol. The summed E-state index contributed by atoms with van der Waals surface area (Å²) in [5.74, 6) is 0.749. The molecule has 2 unspecified atom stereocenters. The van der Waals surface area contributed by atoms with Gasteiger partial charge in [-0.2, -0.15) is 5.26 Å². The van der Waals surface area contributed by atoms with Gasteiger partial charge in [0, 0.05) is 19.1 Å². The van der Waals surface area contributed by atoms with Gasteiger partial charge in [-0.25, -0.2) is 0 Å². The van der Waals surface area contributed by atoms with Crippen molar-refractivity contribution in [3.63, 3.8) is 0 Å². The number of rotatable bonds is 5. The summed E-state index contributed by atoms with van der Waals surface area (Å²) in [6.45, 7) is 4.15. The van der Waals surface area contributed by atoms with Crippen molar-refractivity contribution in [3.05, 3.63) is 0 Å². The molecule has 0 aromatic rings. The van der Waals surface area contributed by atoms with Gasteiger partial charge in [0.05, 0.1) is 19.0 Å². The first-order chi connectivity index (χ1) is 9.29. The molecule has 5 nitrogen and oxygen atoms in total. The Balaban J connectivity index is 1.71. The van der Waals surface area contributed by atoms with Gasteiger partial charge in [-0.15, -0.1) is 0 Å². The fourth-order valence-corrected chi connectivity index (χ4v) is 3.19. The molecule has 2 saturated heterocycles. The Kier molecular flexibility index (Phi) is 5.62. The fraction of sp³-hybridized carbons (Fsp3) is 0.857. The Morgan fingerprint density at radius 2 is 2.32 bits per heavy atom. The lowest BCUT2D eigenvalue weighted by molar-refractivity contribution is -0.122. The Morgan fingerprint density at radius 1 is 1.42 bits per heavy atom. The third-order valence-electron chi connectivity index (χ3n) is 4.14. The lowest BCUT2D eigenvalue weighted by Gasteiger charge is -2.35. The SMILES string of the molecule is N#CCCNC(=O)CN1CCCC(C2CCCN2)C1. The van der Waals surface area contributed by atoms with E-state index >= 15 is 0 Å². The molecule has 2 N–H and O–H groups in total. The summed E-state index contributed by atoms with van der Waals surface area (Å²) in [7, 11) is 0. The van der Waals surface area contributed by atoms with Gasteiger partial charge in [0.1, 0.15) is 0 Å². The molecule has 2 aliphatic heterocycles. The van der Waals surface area contributed by atoms with E-state index in [4.69, 9.17) is 5.26 Å². The standard InChI is InChI=1S/C14H24N4O/c15-6-3-8-17-14(19)11-18-9-2-4-12(10-18)13-5-1-7-16-13/h12-13,16H,1-5,7-11H2,(H,17,19). The van der Waals surface area contributed by atoms with Crippen LogP contribution < -0.4 is 10.6 Å². The Hall–Kier alpha value is -1.12. The summed E-state index contributed by atoms with van der Waals surface area (Å²) in [5.41, 5.74) is 0. The van der Waals surface area contributed by atoms with Crippen LogP contribution in [0.5, 0.6) is 0 Å². The zero-order chi connectivity index (χ0) is 13.5. The van der Waals surface area contributed by atoms with Crippen molar-refractivity contribution >= 4 is 5.91 Å². The largest absolute Gasteiger partial charge is 0.354 e. The van der Waals surface area contributed by atoms with E-state index < -0.39 is 0 Å². The van der Waals surface area contributed by atoms with E-state index in [0.717, 1.165) is 19.6 Å². The number of carbonyl (C=O) groups is 1. The second-order valence-electron chi connectivity index (χ2n) is 5.60. The van der Waals surface area contributed by atoms with Gasteiger partial charge in [-0.1, -0.05) is 0 Å². The number of nitrogens with one attached hydrogen (secondary N) is 2. The Morgan fingerprint density at radius 3 is 3.05 bits per heavy atom. The molecule has 2 heterocycles. The van der Waals surface area contributed by atoms with Crippen molar-refractivity contribution in [2.24, 2.45) is 5.92 Å². The van der Waals surface area contributed by atoms with E-state index in [1.807, 2.05) is 6.07 Å². The quantitative estimate of drug-likeness (QED) is 0.709. The maximum absolute atomic E-state index is 11.7. The molecule has 0 aromatic carbocycles. The third-order valence-corrected chi connectivity index (χ3v) is 4.14. The molecule has 0 radical (unpaired) electrons.